The second kappa shape index (κ2) is 10.9. The van der Waals surface area contributed by atoms with Gasteiger partial charge in [0.05, 0.1) is 39.1 Å². The number of halogens is 3. The number of hydrogen-bond donors (Lipinski definition) is 1. The van der Waals surface area contributed by atoms with Crippen molar-refractivity contribution in [3.8, 4) is 0 Å². The molecule has 2 aromatic carbocycles. The average Bonchev–Trinajstić information content (AvgIpc) is 3.39. The lowest BCUT2D eigenvalue weighted by Gasteiger charge is -2.20. The number of aryl methyl sites for hydroxylation is 2. The molecule has 2 amide bonds. The first-order valence-electron chi connectivity index (χ1n) is 10.9. The number of rotatable bonds is 6. The van der Waals surface area contributed by atoms with Gasteiger partial charge < -0.3 is 10.1 Å². The molecule has 0 unspecified atom stereocenters. The van der Waals surface area contributed by atoms with Crippen molar-refractivity contribution in [2.75, 3.05) is 18.5 Å². The van der Waals surface area contributed by atoms with E-state index < -0.39 is 5.25 Å². The minimum Gasteiger partial charge on any atom is -0.376 e. The first-order valence-corrected chi connectivity index (χ1v) is 12.9. The van der Waals surface area contributed by atoms with Gasteiger partial charge in [-0.25, -0.2) is 4.99 Å². The van der Waals surface area contributed by atoms with Crippen molar-refractivity contribution in [3.05, 3.63) is 56.5 Å². The molecule has 2 aromatic rings. The van der Waals surface area contributed by atoms with Gasteiger partial charge in [-0.3, -0.25) is 14.5 Å². The number of amides is 2. The van der Waals surface area contributed by atoms with E-state index >= 15 is 0 Å². The number of thioether (sulfide) groups is 1. The highest BCUT2D eigenvalue weighted by Gasteiger charge is 2.40. The van der Waals surface area contributed by atoms with Crippen molar-refractivity contribution < 1.29 is 14.3 Å². The third-order valence-corrected chi connectivity index (χ3v) is 7.88. The molecule has 34 heavy (non-hydrogen) atoms. The molecular weight excluding hydrogens is 517 g/mol. The Morgan fingerprint density at radius 3 is 2.68 bits per heavy atom. The van der Waals surface area contributed by atoms with Crippen LogP contribution in [0.5, 0.6) is 0 Å². The Morgan fingerprint density at radius 1 is 1.18 bits per heavy atom. The maximum Gasteiger partial charge on any atom is 0.242 e. The number of ether oxygens (including phenoxy) is 1. The molecule has 0 radical (unpaired) electrons. The minimum atomic E-state index is -0.605. The van der Waals surface area contributed by atoms with E-state index in [2.05, 4.69) is 5.32 Å². The fraction of sp³-hybridized carbons (Fsp3) is 0.375. The van der Waals surface area contributed by atoms with Gasteiger partial charge in [0.25, 0.3) is 0 Å². The maximum absolute atomic E-state index is 13.3. The van der Waals surface area contributed by atoms with Gasteiger partial charge in [-0.1, -0.05) is 58.7 Å². The Kier molecular flexibility index (Phi) is 8.10. The third-order valence-electron chi connectivity index (χ3n) is 5.67. The molecule has 2 saturated heterocycles. The second-order valence-electron chi connectivity index (χ2n) is 8.37. The predicted octanol–water partition coefficient (Wildman–Crippen LogP) is 6.40. The van der Waals surface area contributed by atoms with E-state index in [4.69, 9.17) is 44.5 Å². The van der Waals surface area contributed by atoms with Crippen LogP contribution in [-0.4, -0.2) is 46.4 Å². The number of anilines is 1. The molecule has 1 N–H and O–H groups in total. The molecule has 2 atom stereocenters. The van der Waals surface area contributed by atoms with Gasteiger partial charge >= 0.3 is 0 Å². The van der Waals surface area contributed by atoms with Gasteiger partial charge in [0.2, 0.25) is 11.8 Å². The van der Waals surface area contributed by atoms with Crippen LogP contribution in [0.15, 0.2) is 35.3 Å². The molecule has 2 fully saturated rings. The highest BCUT2D eigenvalue weighted by atomic mass is 35.5. The first kappa shape index (κ1) is 25.3. The summed E-state index contributed by atoms with van der Waals surface area (Å²) in [5, 5.41) is 3.55. The Morgan fingerprint density at radius 2 is 1.94 bits per heavy atom. The van der Waals surface area contributed by atoms with Gasteiger partial charge in [0, 0.05) is 13.0 Å². The Balaban J connectivity index is 1.54. The summed E-state index contributed by atoms with van der Waals surface area (Å²) in [7, 11) is 0. The number of nitrogens with zero attached hydrogens (tertiary/aromatic N) is 2. The van der Waals surface area contributed by atoms with E-state index in [0.29, 0.717) is 29.0 Å². The molecule has 10 heteroatoms. The molecule has 180 valence electrons. The third kappa shape index (κ3) is 5.89. The minimum absolute atomic E-state index is 0.0315. The molecule has 2 aliphatic heterocycles. The molecule has 2 aliphatic rings. The SMILES string of the molecule is Cc1ccc(C)c(N=C2S[C@@H](CC(=O)Nc3cc(Cl)c(Cl)cc3Cl)C(=O)N2C[C@H]2CCCO2)c1. The molecular formula is C24H24Cl3N3O3S. The number of aliphatic imine (C=N–C) groups is 1. The quantitative estimate of drug-likeness (QED) is 0.430. The van der Waals surface area contributed by atoms with Crippen molar-refractivity contribution in [2.24, 2.45) is 4.99 Å². The van der Waals surface area contributed by atoms with Crippen LogP contribution in [0.25, 0.3) is 0 Å². The molecule has 0 spiro atoms. The summed E-state index contributed by atoms with van der Waals surface area (Å²) < 4.78 is 5.76. The topological polar surface area (TPSA) is 71.0 Å². The number of carbonyl (C=O) groups excluding carboxylic acids is 2. The lowest BCUT2D eigenvalue weighted by molar-refractivity contribution is -0.129. The van der Waals surface area contributed by atoms with Crippen LogP contribution < -0.4 is 5.32 Å². The zero-order valence-electron chi connectivity index (χ0n) is 18.7. The second-order valence-corrected chi connectivity index (χ2v) is 10.8. The van der Waals surface area contributed by atoms with Crippen LogP contribution >= 0.6 is 46.6 Å². The normalized spacial score (nSPS) is 21.5. The van der Waals surface area contributed by atoms with E-state index in [1.54, 1.807) is 4.90 Å². The summed E-state index contributed by atoms with van der Waals surface area (Å²) in [5.41, 5.74) is 3.25. The molecule has 0 saturated carbocycles. The number of carbonyl (C=O) groups is 2. The number of amidine groups is 1. The fourth-order valence-electron chi connectivity index (χ4n) is 3.82. The first-order chi connectivity index (χ1) is 16.2. The number of nitrogens with one attached hydrogen (secondary N) is 1. The zero-order valence-corrected chi connectivity index (χ0v) is 21.8. The van der Waals surface area contributed by atoms with Crippen LogP contribution in [0.2, 0.25) is 15.1 Å². The van der Waals surface area contributed by atoms with Gasteiger partial charge in [0.1, 0.15) is 5.25 Å². The molecule has 0 aromatic heterocycles. The van der Waals surface area contributed by atoms with E-state index in [0.717, 1.165) is 29.7 Å². The number of benzene rings is 2. The van der Waals surface area contributed by atoms with E-state index in [1.807, 2.05) is 32.0 Å². The van der Waals surface area contributed by atoms with E-state index in [-0.39, 0.29) is 34.4 Å². The van der Waals surface area contributed by atoms with Crippen LogP contribution in [0.1, 0.15) is 30.4 Å². The van der Waals surface area contributed by atoms with Gasteiger partial charge in [0.15, 0.2) is 5.17 Å². The van der Waals surface area contributed by atoms with Gasteiger partial charge in [-0.05, 0) is 56.0 Å². The average molecular weight is 541 g/mol. The highest BCUT2D eigenvalue weighted by Crippen LogP contribution is 2.35. The molecule has 6 nitrogen and oxygen atoms in total. The van der Waals surface area contributed by atoms with Crippen molar-refractivity contribution in [3.63, 3.8) is 0 Å². The van der Waals surface area contributed by atoms with Crippen molar-refractivity contribution in [2.45, 2.75) is 44.5 Å². The standard InChI is InChI=1S/C24H24Cl3N3O3S/c1-13-5-6-14(2)19(8-13)29-24-30(12-15-4-3-7-33-15)23(32)21(34-24)11-22(31)28-20-10-17(26)16(25)9-18(20)27/h5-6,8-10,15,21H,3-4,7,11-12H2,1-2H3,(H,28,31)/t15-,21+/m1/s1. The summed E-state index contributed by atoms with van der Waals surface area (Å²) in [6.45, 7) is 5.10. The Bertz CT molecular complexity index is 1150. The lowest BCUT2D eigenvalue weighted by Crippen LogP contribution is -2.38. The Labute approximate surface area is 218 Å². The van der Waals surface area contributed by atoms with E-state index in [9.17, 15) is 9.59 Å². The van der Waals surface area contributed by atoms with Gasteiger partial charge in [-0.2, -0.15) is 0 Å². The van der Waals surface area contributed by atoms with Crippen molar-refractivity contribution in [1.29, 1.82) is 0 Å². The summed E-state index contributed by atoms with van der Waals surface area (Å²) >= 11 is 19.5. The monoisotopic (exact) mass is 539 g/mol. The fourth-order valence-corrected chi connectivity index (χ4v) is 5.57. The predicted molar refractivity (Wildman–Crippen MR) is 140 cm³/mol. The maximum atomic E-state index is 13.3. The molecule has 0 bridgehead atoms. The summed E-state index contributed by atoms with van der Waals surface area (Å²) in [6.07, 6.45) is 1.80. The van der Waals surface area contributed by atoms with Crippen LogP contribution in [-0.2, 0) is 14.3 Å². The summed E-state index contributed by atoms with van der Waals surface area (Å²) in [6, 6.07) is 8.98. The highest BCUT2D eigenvalue weighted by molar-refractivity contribution is 8.15. The van der Waals surface area contributed by atoms with Crippen molar-refractivity contribution >= 4 is 74.9 Å². The number of hydrogen-bond acceptors (Lipinski definition) is 5. The molecule has 2 heterocycles. The lowest BCUT2D eigenvalue weighted by atomic mass is 10.1. The zero-order chi connectivity index (χ0) is 24.4. The van der Waals surface area contributed by atoms with Crippen LogP contribution in [0, 0.1) is 13.8 Å². The van der Waals surface area contributed by atoms with Crippen LogP contribution in [0.4, 0.5) is 11.4 Å². The molecule has 0 aliphatic carbocycles. The Hall–Kier alpha value is -1.77. The largest absolute Gasteiger partial charge is 0.376 e. The smallest absolute Gasteiger partial charge is 0.242 e. The van der Waals surface area contributed by atoms with E-state index in [1.165, 1.54) is 23.9 Å². The summed E-state index contributed by atoms with van der Waals surface area (Å²) in [5.74, 6) is -0.504. The van der Waals surface area contributed by atoms with Crippen LogP contribution in [0.3, 0.4) is 0 Å². The molecule has 4 rings (SSSR count). The van der Waals surface area contributed by atoms with Crippen molar-refractivity contribution in [1.82, 2.24) is 4.90 Å². The summed E-state index contributed by atoms with van der Waals surface area (Å²) in [4.78, 5) is 32.6. The van der Waals surface area contributed by atoms with Gasteiger partial charge in [-0.15, -0.1) is 0 Å².